The predicted molar refractivity (Wildman–Crippen MR) is 57.5 cm³/mol. The summed E-state index contributed by atoms with van der Waals surface area (Å²) in [6.45, 7) is 1.88. The van der Waals surface area contributed by atoms with Crippen molar-refractivity contribution in [3.8, 4) is 0 Å². The number of hydrogen-bond donors (Lipinski definition) is 2. The highest BCUT2D eigenvalue weighted by atomic mass is 16.3. The van der Waals surface area contributed by atoms with Gasteiger partial charge in [-0.2, -0.15) is 0 Å². The van der Waals surface area contributed by atoms with Gasteiger partial charge in [-0.05, 0) is 32.2 Å². The molecule has 4 heteroatoms. The van der Waals surface area contributed by atoms with Crippen LogP contribution in [0.1, 0.15) is 32.1 Å². The molecule has 2 rings (SSSR count). The van der Waals surface area contributed by atoms with Crippen molar-refractivity contribution < 1.29 is 9.90 Å². The first-order valence-corrected chi connectivity index (χ1v) is 5.97. The Morgan fingerprint density at radius 2 is 2.20 bits per heavy atom. The third-order valence-corrected chi connectivity index (χ3v) is 3.48. The van der Waals surface area contributed by atoms with Gasteiger partial charge >= 0.3 is 0 Å². The number of amides is 1. The van der Waals surface area contributed by atoms with Crippen molar-refractivity contribution in [3.63, 3.8) is 0 Å². The van der Waals surface area contributed by atoms with E-state index < -0.39 is 0 Å². The van der Waals surface area contributed by atoms with Gasteiger partial charge < -0.3 is 15.3 Å². The maximum absolute atomic E-state index is 12.1. The van der Waals surface area contributed by atoms with E-state index >= 15 is 0 Å². The van der Waals surface area contributed by atoms with Crippen molar-refractivity contribution in [1.82, 2.24) is 10.2 Å². The smallest absolute Gasteiger partial charge is 0.240 e. The molecule has 2 fully saturated rings. The number of likely N-dealkylation sites (tertiary alicyclic amines) is 1. The summed E-state index contributed by atoms with van der Waals surface area (Å²) in [7, 11) is 0. The summed E-state index contributed by atoms with van der Waals surface area (Å²) in [5.74, 6) is 0.200. The van der Waals surface area contributed by atoms with Gasteiger partial charge in [0.15, 0.2) is 0 Å². The lowest BCUT2D eigenvalue weighted by atomic mass is 10.0. The minimum absolute atomic E-state index is 0.00546. The fourth-order valence-corrected chi connectivity index (χ4v) is 2.58. The maximum atomic E-state index is 12.1. The van der Waals surface area contributed by atoms with Crippen molar-refractivity contribution in [3.05, 3.63) is 0 Å². The molecule has 0 aliphatic carbocycles. The minimum atomic E-state index is 0.00546. The third-order valence-electron chi connectivity index (χ3n) is 3.48. The van der Waals surface area contributed by atoms with Crippen molar-refractivity contribution >= 4 is 5.91 Å². The van der Waals surface area contributed by atoms with Gasteiger partial charge in [0.2, 0.25) is 5.91 Å². The summed E-state index contributed by atoms with van der Waals surface area (Å²) in [6.07, 6.45) is 5.25. The van der Waals surface area contributed by atoms with Crippen LogP contribution >= 0.6 is 0 Å². The standard InChI is InChI=1S/C11H20N2O2/c14-8-9-4-3-7-13(9)11(15)10-5-1-2-6-12-10/h9-10,12,14H,1-8H2/t9?,10-/m0/s1. The molecule has 1 unspecified atom stereocenters. The lowest BCUT2D eigenvalue weighted by Crippen LogP contribution is -2.50. The Kier molecular flexibility index (Phi) is 3.59. The van der Waals surface area contributed by atoms with Gasteiger partial charge in [-0.1, -0.05) is 6.42 Å². The molecule has 2 heterocycles. The van der Waals surface area contributed by atoms with E-state index in [-0.39, 0.29) is 24.6 Å². The van der Waals surface area contributed by atoms with Gasteiger partial charge in [-0.3, -0.25) is 4.79 Å². The Labute approximate surface area is 90.6 Å². The number of aliphatic hydroxyl groups excluding tert-OH is 1. The van der Waals surface area contributed by atoms with Crippen LogP contribution in [-0.4, -0.2) is 47.7 Å². The number of carbonyl (C=O) groups is 1. The Morgan fingerprint density at radius 3 is 2.87 bits per heavy atom. The monoisotopic (exact) mass is 212 g/mol. The largest absolute Gasteiger partial charge is 0.394 e. The summed E-state index contributed by atoms with van der Waals surface area (Å²) >= 11 is 0. The molecule has 0 aromatic carbocycles. The zero-order chi connectivity index (χ0) is 10.7. The Hall–Kier alpha value is -0.610. The molecule has 2 atom stereocenters. The first-order chi connectivity index (χ1) is 7.33. The summed E-state index contributed by atoms with van der Waals surface area (Å²) in [6, 6.07) is 0.0760. The van der Waals surface area contributed by atoms with Crippen molar-refractivity contribution in [2.75, 3.05) is 19.7 Å². The van der Waals surface area contributed by atoms with Crippen LogP contribution in [0.2, 0.25) is 0 Å². The highest BCUT2D eigenvalue weighted by molar-refractivity contribution is 5.82. The quantitative estimate of drug-likeness (QED) is 0.683. The molecule has 0 bridgehead atoms. The molecule has 0 saturated carbocycles. The molecule has 1 amide bonds. The number of piperidine rings is 1. The molecule has 2 saturated heterocycles. The molecule has 0 radical (unpaired) electrons. The molecule has 2 aliphatic rings. The first-order valence-electron chi connectivity index (χ1n) is 5.97. The first kappa shape index (κ1) is 10.9. The van der Waals surface area contributed by atoms with E-state index in [9.17, 15) is 4.79 Å². The highest BCUT2D eigenvalue weighted by Gasteiger charge is 2.32. The van der Waals surface area contributed by atoms with Crippen LogP contribution < -0.4 is 5.32 Å². The molecule has 2 N–H and O–H groups in total. The molecule has 0 spiro atoms. The molecule has 4 nitrogen and oxygen atoms in total. The lowest BCUT2D eigenvalue weighted by Gasteiger charge is -2.30. The second-order valence-corrected chi connectivity index (χ2v) is 4.51. The van der Waals surface area contributed by atoms with E-state index in [0.29, 0.717) is 0 Å². The van der Waals surface area contributed by atoms with Crippen molar-refractivity contribution in [1.29, 1.82) is 0 Å². The number of nitrogens with one attached hydrogen (secondary N) is 1. The van der Waals surface area contributed by atoms with Gasteiger partial charge in [0.25, 0.3) is 0 Å². The molecular weight excluding hydrogens is 192 g/mol. The van der Waals surface area contributed by atoms with Crippen molar-refractivity contribution in [2.24, 2.45) is 0 Å². The zero-order valence-electron chi connectivity index (χ0n) is 9.11. The SMILES string of the molecule is O=C([C@@H]1CCCCN1)N1CCCC1CO. The van der Waals surface area contributed by atoms with Gasteiger partial charge in [0.05, 0.1) is 18.7 Å². The number of hydrogen-bond acceptors (Lipinski definition) is 3. The average Bonchev–Trinajstić information content (AvgIpc) is 2.77. The van der Waals surface area contributed by atoms with Crippen LogP contribution in [0.15, 0.2) is 0 Å². The second-order valence-electron chi connectivity index (χ2n) is 4.51. The average molecular weight is 212 g/mol. The summed E-state index contributed by atoms with van der Waals surface area (Å²) < 4.78 is 0. The predicted octanol–water partition coefficient (Wildman–Crippen LogP) is 0.112. The van der Waals surface area contributed by atoms with Gasteiger partial charge in [-0.25, -0.2) is 0 Å². The van der Waals surface area contributed by atoms with Crippen LogP contribution in [0.25, 0.3) is 0 Å². The van der Waals surface area contributed by atoms with Gasteiger partial charge in [0.1, 0.15) is 0 Å². The Morgan fingerprint density at radius 1 is 1.33 bits per heavy atom. The van der Waals surface area contributed by atoms with Crippen LogP contribution in [0.5, 0.6) is 0 Å². The normalized spacial score (nSPS) is 31.9. The summed E-state index contributed by atoms with van der Waals surface area (Å²) in [5, 5.41) is 12.4. The fourth-order valence-electron chi connectivity index (χ4n) is 2.58. The van der Waals surface area contributed by atoms with E-state index in [4.69, 9.17) is 5.11 Å². The van der Waals surface area contributed by atoms with Crippen molar-refractivity contribution in [2.45, 2.75) is 44.2 Å². The molecule has 86 valence electrons. The maximum Gasteiger partial charge on any atom is 0.240 e. The van der Waals surface area contributed by atoms with Crippen LogP contribution in [0, 0.1) is 0 Å². The fraction of sp³-hybridized carbons (Fsp3) is 0.909. The van der Waals surface area contributed by atoms with Crippen LogP contribution in [-0.2, 0) is 4.79 Å². The molecule has 2 aliphatic heterocycles. The molecule has 0 aromatic rings. The van der Waals surface area contributed by atoms with E-state index in [1.807, 2.05) is 4.90 Å². The topological polar surface area (TPSA) is 52.6 Å². The molecule has 15 heavy (non-hydrogen) atoms. The lowest BCUT2D eigenvalue weighted by molar-refractivity contribution is -0.135. The molecule has 0 aromatic heterocycles. The third kappa shape index (κ3) is 2.32. The second kappa shape index (κ2) is 4.94. The Bertz CT molecular complexity index is 227. The summed E-state index contributed by atoms with van der Waals surface area (Å²) in [5.41, 5.74) is 0. The number of nitrogens with zero attached hydrogens (tertiary/aromatic N) is 1. The van der Waals surface area contributed by atoms with Gasteiger partial charge in [-0.15, -0.1) is 0 Å². The zero-order valence-corrected chi connectivity index (χ0v) is 9.11. The van der Waals surface area contributed by atoms with Crippen LogP contribution in [0.4, 0.5) is 0 Å². The van der Waals surface area contributed by atoms with E-state index in [1.54, 1.807) is 0 Å². The van der Waals surface area contributed by atoms with E-state index in [1.165, 1.54) is 6.42 Å². The van der Waals surface area contributed by atoms with Gasteiger partial charge in [0, 0.05) is 6.54 Å². The number of carbonyl (C=O) groups excluding carboxylic acids is 1. The highest BCUT2D eigenvalue weighted by Crippen LogP contribution is 2.19. The van der Waals surface area contributed by atoms with E-state index in [0.717, 1.165) is 38.8 Å². The van der Waals surface area contributed by atoms with E-state index in [2.05, 4.69) is 5.32 Å². The number of aliphatic hydroxyl groups is 1. The minimum Gasteiger partial charge on any atom is -0.394 e. The number of rotatable bonds is 2. The molecular formula is C11H20N2O2. The summed E-state index contributed by atoms with van der Waals surface area (Å²) in [4.78, 5) is 14.0. The Balaban J connectivity index is 1.93. The van der Waals surface area contributed by atoms with Crippen LogP contribution in [0.3, 0.4) is 0 Å².